The van der Waals surface area contributed by atoms with Gasteiger partial charge in [-0.3, -0.25) is 0 Å². The van der Waals surface area contributed by atoms with Gasteiger partial charge in [0.25, 0.3) is 0 Å². The maximum atomic E-state index is 14.7. The van der Waals surface area contributed by atoms with Gasteiger partial charge in [0, 0.05) is 51.5 Å². The molecule has 2 saturated heterocycles. The largest absolute Gasteiger partial charge is 0.378 e. The molecule has 0 aromatic heterocycles. The minimum Gasteiger partial charge on any atom is -0.378 e. The van der Waals surface area contributed by atoms with E-state index in [1.807, 2.05) is 23.1 Å². The van der Waals surface area contributed by atoms with Crippen molar-refractivity contribution < 1.29 is 9.13 Å². The van der Waals surface area contributed by atoms with Crippen molar-refractivity contribution in [1.29, 1.82) is 0 Å². The SMILES string of the molecule is CCNC(=NCc1ccc(N2CCOCC2)c(F)c1)N1CCN(c2ccccc2)CC1.I. The van der Waals surface area contributed by atoms with Gasteiger partial charge in [-0.25, -0.2) is 9.38 Å². The van der Waals surface area contributed by atoms with Crippen molar-refractivity contribution in [3.05, 3.63) is 59.9 Å². The standard InChI is InChI=1S/C24H32FN5O.HI/c1-2-26-24(30-12-10-28(11-13-30)21-6-4-3-5-7-21)27-19-20-8-9-23(22(25)18-20)29-14-16-31-17-15-29;/h3-9,18H,2,10-17,19H2,1H3,(H,26,27);1H. The minimum atomic E-state index is -0.184. The van der Waals surface area contributed by atoms with Crippen molar-refractivity contribution in [3.8, 4) is 0 Å². The summed E-state index contributed by atoms with van der Waals surface area (Å²) in [5.74, 6) is 0.712. The van der Waals surface area contributed by atoms with Crippen molar-refractivity contribution >= 4 is 41.3 Å². The molecule has 0 amide bonds. The van der Waals surface area contributed by atoms with Crippen LogP contribution in [0, 0.1) is 5.82 Å². The zero-order valence-corrected chi connectivity index (χ0v) is 21.0. The van der Waals surface area contributed by atoms with E-state index in [1.54, 1.807) is 6.07 Å². The first-order valence-electron chi connectivity index (χ1n) is 11.2. The summed E-state index contributed by atoms with van der Waals surface area (Å²) < 4.78 is 20.1. The molecule has 0 unspecified atom stereocenters. The number of benzene rings is 2. The Labute approximate surface area is 207 Å². The molecule has 0 saturated carbocycles. The van der Waals surface area contributed by atoms with Crippen LogP contribution in [0.15, 0.2) is 53.5 Å². The molecular weight excluding hydrogens is 520 g/mol. The van der Waals surface area contributed by atoms with Crippen LogP contribution in [0.3, 0.4) is 0 Å². The first-order chi connectivity index (χ1) is 15.2. The molecule has 0 aliphatic carbocycles. The molecule has 2 aromatic carbocycles. The summed E-state index contributed by atoms with van der Waals surface area (Å²) in [4.78, 5) is 11.5. The van der Waals surface area contributed by atoms with Crippen LogP contribution in [-0.4, -0.2) is 69.9 Å². The van der Waals surface area contributed by atoms with Crippen molar-refractivity contribution in [3.63, 3.8) is 0 Å². The van der Waals surface area contributed by atoms with Gasteiger partial charge >= 0.3 is 0 Å². The first kappa shape index (κ1) is 24.6. The van der Waals surface area contributed by atoms with Gasteiger partial charge < -0.3 is 24.8 Å². The highest BCUT2D eigenvalue weighted by molar-refractivity contribution is 14.0. The number of rotatable bonds is 5. The second-order valence-electron chi connectivity index (χ2n) is 7.86. The topological polar surface area (TPSA) is 43.3 Å². The number of aliphatic imine (C=N–C) groups is 1. The van der Waals surface area contributed by atoms with E-state index in [0.717, 1.165) is 57.3 Å². The first-order valence-corrected chi connectivity index (χ1v) is 11.2. The smallest absolute Gasteiger partial charge is 0.194 e. The van der Waals surface area contributed by atoms with E-state index in [9.17, 15) is 4.39 Å². The number of anilines is 2. The number of hydrogen-bond acceptors (Lipinski definition) is 4. The number of hydrogen-bond donors (Lipinski definition) is 1. The Hall–Kier alpha value is -2.07. The molecule has 2 aliphatic rings. The highest BCUT2D eigenvalue weighted by atomic mass is 127. The molecule has 1 N–H and O–H groups in total. The lowest BCUT2D eigenvalue weighted by Gasteiger charge is -2.37. The maximum absolute atomic E-state index is 14.7. The zero-order chi connectivity index (χ0) is 21.5. The van der Waals surface area contributed by atoms with E-state index in [1.165, 1.54) is 5.69 Å². The van der Waals surface area contributed by atoms with Gasteiger partial charge in [0.1, 0.15) is 5.82 Å². The predicted molar refractivity (Wildman–Crippen MR) is 140 cm³/mol. The summed E-state index contributed by atoms with van der Waals surface area (Å²) in [5.41, 5.74) is 2.80. The van der Waals surface area contributed by atoms with Crippen LogP contribution in [0.2, 0.25) is 0 Å². The third-order valence-electron chi connectivity index (χ3n) is 5.81. The summed E-state index contributed by atoms with van der Waals surface area (Å²) in [6, 6.07) is 16.0. The van der Waals surface area contributed by atoms with E-state index < -0.39 is 0 Å². The zero-order valence-electron chi connectivity index (χ0n) is 18.7. The lowest BCUT2D eigenvalue weighted by Crippen LogP contribution is -2.52. The van der Waals surface area contributed by atoms with Gasteiger partial charge in [-0.2, -0.15) is 0 Å². The molecule has 0 radical (unpaired) electrons. The molecule has 2 aromatic rings. The van der Waals surface area contributed by atoms with Crippen LogP contribution in [-0.2, 0) is 11.3 Å². The summed E-state index contributed by atoms with van der Waals surface area (Å²) >= 11 is 0. The van der Waals surface area contributed by atoms with Crippen molar-refractivity contribution in [2.45, 2.75) is 13.5 Å². The molecule has 6 nitrogen and oxygen atoms in total. The van der Waals surface area contributed by atoms with Gasteiger partial charge in [0.2, 0.25) is 0 Å². The summed E-state index contributed by atoms with van der Waals surface area (Å²) in [5, 5.41) is 3.40. The van der Waals surface area contributed by atoms with Crippen LogP contribution >= 0.6 is 24.0 Å². The van der Waals surface area contributed by atoms with Gasteiger partial charge in [0.15, 0.2) is 5.96 Å². The molecule has 2 fully saturated rings. The number of nitrogens with one attached hydrogen (secondary N) is 1. The number of morpholine rings is 1. The highest BCUT2D eigenvalue weighted by Gasteiger charge is 2.20. The van der Waals surface area contributed by atoms with E-state index in [-0.39, 0.29) is 29.8 Å². The molecule has 32 heavy (non-hydrogen) atoms. The number of nitrogens with zero attached hydrogens (tertiary/aromatic N) is 4. The average molecular weight is 553 g/mol. The lowest BCUT2D eigenvalue weighted by atomic mass is 10.1. The Morgan fingerprint density at radius 1 is 0.969 bits per heavy atom. The van der Waals surface area contributed by atoms with Crippen LogP contribution in [0.25, 0.3) is 0 Å². The Bertz CT molecular complexity index is 868. The number of halogens is 2. The monoisotopic (exact) mass is 553 g/mol. The van der Waals surface area contributed by atoms with Crippen LogP contribution in [0.5, 0.6) is 0 Å². The second-order valence-corrected chi connectivity index (χ2v) is 7.86. The molecule has 0 atom stereocenters. The third kappa shape index (κ3) is 6.25. The molecule has 2 heterocycles. The number of para-hydroxylation sites is 1. The summed E-state index contributed by atoms with van der Waals surface area (Å²) in [7, 11) is 0. The summed E-state index contributed by atoms with van der Waals surface area (Å²) in [6.45, 7) is 9.83. The predicted octanol–water partition coefficient (Wildman–Crippen LogP) is 3.57. The molecule has 2 aliphatic heterocycles. The minimum absolute atomic E-state index is 0. The van der Waals surface area contributed by atoms with E-state index in [4.69, 9.17) is 9.73 Å². The van der Waals surface area contributed by atoms with Crippen molar-refractivity contribution in [1.82, 2.24) is 10.2 Å². The normalized spacial score (nSPS) is 17.2. The molecule has 4 rings (SSSR count). The Morgan fingerprint density at radius 3 is 2.34 bits per heavy atom. The van der Waals surface area contributed by atoms with Gasteiger partial charge in [-0.15, -0.1) is 24.0 Å². The fraction of sp³-hybridized carbons (Fsp3) is 0.458. The second kappa shape index (κ2) is 12.2. The molecule has 174 valence electrons. The van der Waals surface area contributed by atoms with Crippen LogP contribution in [0.1, 0.15) is 12.5 Å². The Morgan fingerprint density at radius 2 is 1.69 bits per heavy atom. The van der Waals surface area contributed by atoms with E-state index in [2.05, 4.69) is 46.3 Å². The maximum Gasteiger partial charge on any atom is 0.194 e. The Balaban J connectivity index is 0.00000289. The van der Waals surface area contributed by atoms with E-state index >= 15 is 0 Å². The average Bonchev–Trinajstić information content (AvgIpc) is 2.83. The fourth-order valence-corrected chi connectivity index (χ4v) is 4.12. The van der Waals surface area contributed by atoms with Gasteiger partial charge in [-0.1, -0.05) is 24.3 Å². The molecule has 0 spiro atoms. The van der Waals surface area contributed by atoms with Crippen molar-refractivity contribution in [2.75, 3.05) is 68.8 Å². The summed E-state index contributed by atoms with van der Waals surface area (Å²) in [6.07, 6.45) is 0. The van der Waals surface area contributed by atoms with Crippen molar-refractivity contribution in [2.24, 2.45) is 4.99 Å². The lowest BCUT2D eigenvalue weighted by molar-refractivity contribution is 0.122. The fourth-order valence-electron chi connectivity index (χ4n) is 4.12. The molecule has 8 heteroatoms. The van der Waals surface area contributed by atoms with E-state index in [0.29, 0.717) is 25.4 Å². The number of ether oxygens (including phenoxy) is 1. The highest BCUT2D eigenvalue weighted by Crippen LogP contribution is 2.22. The van der Waals surface area contributed by atoms with Gasteiger partial charge in [0.05, 0.1) is 25.4 Å². The van der Waals surface area contributed by atoms with Crippen LogP contribution < -0.4 is 15.1 Å². The quantitative estimate of drug-likeness (QED) is 0.349. The molecular formula is C24H33FIN5O. The van der Waals surface area contributed by atoms with Gasteiger partial charge in [-0.05, 0) is 36.8 Å². The molecule has 0 bridgehead atoms. The number of guanidine groups is 1. The Kier molecular flexibility index (Phi) is 9.40. The third-order valence-corrected chi connectivity index (χ3v) is 5.81. The number of piperazine rings is 1. The van der Waals surface area contributed by atoms with Crippen LogP contribution in [0.4, 0.5) is 15.8 Å².